The molecule has 0 aliphatic carbocycles. The SMILES string of the molecule is COc1ccc(C[C@H]2NC(=O)/C=C/C[C@@H]([C@H](C)/C=C/c3ccc(O)cc3)OC(=O)[C@H](CC(C)C)OC(=O)C(C)(C)CNC2=O)cc1Cl. The summed E-state index contributed by atoms with van der Waals surface area (Å²) in [5.74, 6) is -2.08. The fraction of sp³-hybridized carbons (Fsp3) is 0.444. The second-order valence-corrected chi connectivity index (χ2v) is 13.2. The molecule has 0 radical (unpaired) electrons. The van der Waals surface area contributed by atoms with Crippen LogP contribution < -0.4 is 15.4 Å². The van der Waals surface area contributed by atoms with Crippen molar-refractivity contribution in [3.8, 4) is 11.5 Å². The molecule has 0 spiro atoms. The highest BCUT2D eigenvalue weighted by Crippen LogP contribution is 2.26. The van der Waals surface area contributed by atoms with E-state index in [1.807, 2.05) is 32.9 Å². The molecule has 0 saturated heterocycles. The number of halogens is 1. The predicted molar refractivity (Wildman–Crippen MR) is 180 cm³/mol. The third-order valence-electron chi connectivity index (χ3n) is 7.72. The highest BCUT2D eigenvalue weighted by molar-refractivity contribution is 6.32. The number of aromatic hydroxyl groups is 1. The van der Waals surface area contributed by atoms with Gasteiger partial charge in [-0.15, -0.1) is 0 Å². The second kappa shape index (κ2) is 17.0. The number of benzene rings is 2. The van der Waals surface area contributed by atoms with Crippen molar-refractivity contribution in [3.05, 3.63) is 76.8 Å². The minimum atomic E-state index is -1.21. The Kier molecular flexibility index (Phi) is 13.5. The number of amides is 2. The summed E-state index contributed by atoms with van der Waals surface area (Å²) in [5, 5.41) is 15.5. The van der Waals surface area contributed by atoms with Crippen LogP contribution in [0.15, 0.2) is 60.7 Å². The molecule has 1 aliphatic rings. The van der Waals surface area contributed by atoms with Gasteiger partial charge in [0.05, 0.1) is 17.5 Å². The van der Waals surface area contributed by atoms with Gasteiger partial charge in [-0.1, -0.05) is 68.8 Å². The Morgan fingerprint density at radius 1 is 1.06 bits per heavy atom. The molecular formula is C36H45ClN2O8. The van der Waals surface area contributed by atoms with Crippen LogP contribution in [0.3, 0.4) is 0 Å². The fourth-order valence-corrected chi connectivity index (χ4v) is 5.07. The van der Waals surface area contributed by atoms with E-state index in [0.29, 0.717) is 16.3 Å². The zero-order chi connectivity index (χ0) is 34.7. The first-order chi connectivity index (χ1) is 22.2. The summed E-state index contributed by atoms with van der Waals surface area (Å²) < 4.78 is 16.9. The van der Waals surface area contributed by atoms with E-state index >= 15 is 0 Å². The van der Waals surface area contributed by atoms with Gasteiger partial charge in [-0.25, -0.2) is 4.79 Å². The molecule has 2 aromatic rings. The van der Waals surface area contributed by atoms with Gasteiger partial charge < -0.3 is 30.0 Å². The van der Waals surface area contributed by atoms with Crippen LogP contribution in [0.4, 0.5) is 0 Å². The van der Waals surface area contributed by atoms with Crippen LogP contribution in [-0.2, 0) is 35.1 Å². The number of nitrogens with one attached hydrogen (secondary N) is 2. The normalized spacial score (nSPS) is 22.6. The van der Waals surface area contributed by atoms with Gasteiger partial charge in [0.1, 0.15) is 23.6 Å². The van der Waals surface area contributed by atoms with E-state index in [9.17, 15) is 24.3 Å². The molecule has 0 unspecified atom stereocenters. The summed E-state index contributed by atoms with van der Waals surface area (Å²) in [6.07, 6.45) is 5.24. The third-order valence-corrected chi connectivity index (χ3v) is 8.02. The quantitative estimate of drug-likeness (QED) is 0.318. The number of esters is 2. The maximum atomic E-state index is 13.5. The van der Waals surface area contributed by atoms with Crippen molar-refractivity contribution < 1.29 is 38.5 Å². The number of rotatable bonds is 8. The van der Waals surface area contributed by atoms with E-state index in [2.05, 4.69) is 10.6 Å². The number of phenolic OH excluding ortho intramolecular Hbond substituents is 1. The molecular weight excluding hydrogens is 624 g/mol. The van der Waals surface area contributed by atoms with E-state index in [1.54, 1.807) is 62.4 Å². The summed E-state index contributed by atoms with van der Waals surface area (Å²) >= 11 is 6.30. The first-order valence-electron chi connectivity index (χ1n) is 15.6. The lowest BCUT2D eigenvalue weighted by Gasteiger charge is -2.29. The van der Waals surface area contributed by atoms with Crippen molar-refractivity contribution in [3.63, 3.8) is 0 Å². The molecule has 1 heterocycles. The topological polar surface area (TPSA) is 140 Å². The van der Waals surface area contributed by atoms with Crippen LogP contribution in [0.5, 0.6) is 11.5 Å². The van der Waals surface area contributed by atoms with Crippen molar-refractivity contribution in [2.45, 2.75) is 72.1 Å². The van der Waals surface area contributed by atoms with Gasteiger partial charge in [-0.2, -0.15) is 0 Å². The van der Waals surface area contributed by atoms with E-state index in [4.69, 9.17) is 25.8 Å². The van der Waals surface area contributed by atoms with Gasteiger partial charge in [0.2, 0.25) is 11.8 Å². The van der Waals surface area contributed by atoms with Crippen molar-refractivity contribution in [2.24, 2.45) is 17.3 Å². The summed E-state index contributed by atoms with van der Waals surface area (Å²) in [6.45, 7) is 8.78. The van der Waals surface area contributed by atoms with E-state index < -0.39 is 47.4 Å². The Labute approximate surface area is 281 Å². The van der Waals surface area contributed by atoms with Crippen LogP contribution in [0.25, 0.3) is 6.08 Å². The standard InChI is InChI=1S/C36H45ClN2O8/c1-22(2)18-31-34(43)46-29(23(3)10-11-24-12-15-26(40)16-13-24)8-7-9-32(41)39-28(20-25-14-17-30(45-6)27(37)19-25)33(42)38-21-36(4,5)35(44)47-31/h7,9-17,19,22-23,28-29,31,40H,8,18,20-21H2,1-6H3,(H,38,42)(H,39,41)/b9-7+,11-10+/t23-,28-,29+,31+/m1/s1. The number of carbonyl (C=O) groups excluding carboxylic acids is 4. The number of ether oxygens (including phenoxy) is 3. The highest BCUT2D eigenvalue weighted by atomic mass is 35.5. The molecule has 47 heavy (non-hydrogen) atoms. The molecule has 0 fully saturated rings. The zero-order valence-corrected chi connectivity index (χ0v) is 28.5. The predicted octanol–water partition coefficient (Wildman–Crippen LogP) is 5.40. The minimum absolute atomic E-state index is 0.00911. The monoisotopic (exact) mass is 668 g/mol. The molecule has 0 saturated carbocycles. The van der Waals surface area contributed by atoms with Crippen molar-refractivity contribution in [2.75, 3.05) is 13.7 Å². The molecule has 3 rings (SSSR count). The smallest absolute Gasteiger partial charge is 0.347 e. The molecule has 0 bridgehead atoms. The Hall–Kier alpha value is -4.31. The molecule has 4 atom stereocenters. The molecule has 254 valence electrons. The molecule has 2 amide bonds. The number of cyclic esters (lactones) is 2. The lowest BCUT2D eigenvalue weighted by Crippen LogP contribution is -2.51. The maximum Gasteiger partial charge on any atom is 0.347 e. The van der Waals surface area contributed by atoms with Crippen LogP contribution >= 0.6 is 11.6 Å². The van der Waals surface area contributed by atoms with Crippen molar-refractivity contribution in [1.82, 2.24) is 10.6 Å². The summed E-state index contributed by atoms with van der Waals surface area (Å²) in [7, 11) is 1.50. The first-order valence-corrected chi connectivity index (χ1v) is 16.0. The van der Waals surface area contributed by atoms with E-state index in [1.165, 1.54) is 13.2 Å². The molecule has 3 N–H and O–H groups in total. The zero-order valence-electron chi connectivity index (χ0n) is 27.7. The maximum absolute atomic E-state index is 13.5. The Balaban J connectivity index is 1.93. The number of methoxy groups -OCH3 is 1. The van der Waals surface area contributed by atoms with Crippen LogP contribution in [0, 0.1) is 17.3 Å². The lowest BCUT2D eigenvalue weighted by molar-refractivity contribution is -0.178. The van der Waals surface area contributed by atoms with Gasteiger partial charge in [-0.3, -0.25) is 14.4 Å². The molecule has 10 nitrogen and oxygen atoms in total. The number of hydrogen-bond donors (Lipinski definition) is 3. The summed E-state index contributed by atoms with van der Waals surface area (Å²) in [6, 6.07) is 10.7. The largest absolute Gasteiger partial charge is 0.508 e. The number of phenols is 1. The van der Waals surface area contributed by atoms with E-state index in [-0.39, 0.29) is 43.4 Å². The van der Waals surface area contributed by atoms with Crippen molar-refractivity contribution in [1.29, 1.82) is 0 Å². The molecule has 2 aromatic carbocycles. The Morgan fingerprint density at radius 3 is 2.40 bits per heavy atom. The average Bonchev–Trinajstić information content (AvgIpc) is 3.01. The highest BCUT2D eigenvalue weighted by Gasteiger charge is 2.37. The third kappa shape index (κ3) is 11.5. The van der Waals surface area contributed by atoms with Crippen molar-refractivity contribution >= 4 is 41.4 Å². The second-order valence-electron chi connectivity index (χ2n) is 12.8. The van der Waals surface area contributed by atoms with Gasteiger partial charge in [0.25, 0.3) is 0 Å². The van der Waals surface area contributed by atoms with Gasteiger partial charge >= 0.3 is 11.9 Å². The van der Waals surface area contributed by atoms with Gasteiger partial charge in [-0.05, 0) is 67.7 Å². The van der Waals surface area contributed by atoms with E-state index in [0.717, 1.165) is 5.56 Å². The lowest BCUT2D eigenvalue weighted by atomic mass is 9.93. The molecule has 1 aliphatic heterocycles. The van der Waals surface area contributed by atoms with Crippen LogP contribution in [-0.4, -0.2) is 60.8 Å². The molecule has 11 heteroatoms. The Morgan fingerprint density at radius 2 is 1.77 bits per heavy atom. The van der Waals surface area contributed by atoms with Gasteiger partial charge in [0, 0.05) is 25.3 Å². The number of carbonyl (C=O) groups is 4. The fourth-order valence-electron chi connectivity index (χ4n) is 4.79. The van der Waals surface area contributed by atoms with Gasteiger partial charge in [0.15, 0.2) is 6.10 Å². The average molecular weight is 669 g/mol. The summed E-state index contributed by atoms with van der Waals surface area (Å²) in [5.41, 5.74) is 0.311. The van der Waals surface area contributed by atoms with Crippen LogP contribution in [0.2, 0.25) is 5.02 Å². The first kappa shape index (κ1) is 37.2. The number of hydrogen-bond acceptors (Lipinski definition) is 8. The summed E-state index contributed by atoms with van der Waals surface area (Å²) in [4.78, 5) is 53.4. The Bertz CT molecular complexity index is 1470. The molecule has 0 aromatic heterocycles. The van der Waals surface area contributed by atoms with Crippen LogP contribution in [0.1, 0.15) is 58.6 Å². The minimum Gasteiger partial charge on any atom is -0.508 e.